The smallest absolute Gasteiger partial charge is 0.360 e. The van der Waals surface area contributed by atoms with Crippen LogP contribution in [-0.4, -0.2) is 11.3 Å². The first kappa shape index (κ1) is 11.7. The number of carbonyl (C=O) groups is 1. The van der Waals surface area contributed by atoms with Crippen molar-refractivity contribution in [1.29, 1.82) is 0 Å². The Balaban J connectivity index is 2.44. The van der Waals surface area contributed by atoms with Crippen molar-refractivity contribution in [3.63, 3.8) is 0 Å². The summed E-state index contributed by atoms with van der Waals surface area (Å²) in [5, 5.41) is 2.46. The third-order valence-corrected chi connectivity index (χ3v) is 2.46. The van der Waals surface area contributed by atoms with Crippen LogP contribution in [0.1, 0.15) is 6.92 Å². The molecule has 1 aromatic heterocycles. The molecule has 0 radical (unpaired) electrons. The van der Waals surface area contributed by atoms with Crippen LogP contribution in [0.2, 0.25) is 0 Å². The van der Waals surface area contributed by atoms with Crippen molar-refractivity contribution in [2.75, 3.05) is 5.32 Å². The molecule has 88 valence electrons. The number of anilines is 1. The molecule has 2 aromatic rings. The molecule has 0 aliphatic heterocycles. The minimum Gasteiger partial charge on any atom is -0.421 e. The molecule has 4 nitrogen and oxygen atoms in total. The van der Waals surface area contributed by atoms with Crippen molar-refractivity contribution < 1.29 is 9.21 Å². The van der Waals surface area contributed by atoms with Crippen LogP contribution in [0.15, 0.2) is 39.5 Å². The molecule has 0 saturated heterocycles. The number of amides is 1. The SMILES string of the molecule is C[C@@H](Cl)C(=O)Nc1cc2ccccc2oc1=O. The van der Waals surface area contributed by atoms with Crippen molar-refractivity contribution in [3.8, 4) is 0 Å². The van der Waals surface area contributed by atoms with Gasteiger partial charge in [-0.2, -0.15) is 0 Å². The van der Waals surface area contributed by atoms with Gasteiger partial charge < -0.3 is 9.73 Å². The van der Waals surface area contributed by atoms with Crippen LogP contribution in [0.5, 0.6) is 0 Å². The van der Waals surface area contributed by atoms with Crippen LogP contribution < -0.4 is 10.9 Å². The second-order valence-corrected chi connectivity index (χ2v) is 4.25. The normalized spacial score (nSPS) is 12.4. The molecule has 1 amide bonds. The summed E-state index contributed by atoms with van der Waals surface area (Å²) in [5.74, 6) is -0.436. The molecule has 0 aliphatic rings. The third-order valence-electron chi connectivity index (χ3n) is 2.26. The van der Waals surface area contributed by atoms with Gasteiger partial charge in [0.2, 0.25) is 5.91 Å². The first-order valence-corrected chi connectivity index (χ1v) is 5.49. The quantitative estimate of drug-likeness (QED) is 0.658. The predicted molar refractivity (Wildman–Crippen MR) is 66.4 cm³/mol. The molecule has 1 heterocycles. The van der Waals surface area contributed by atoms with Crippen LogP contribution in [0, 0.1) is 0 Å². The van der Waals surface area contributed by atoms with Gasteiger partial charge >= 0.3 is 5.63 Å². The Morgan fingerprint density at radius 2 is 2.12 bits per heavy atom. The number of para-hydroxylation sites is 1. The van der Waals surface area contributed by atoms with Crippen LogP contribution in [0.25, 0.3) is 11.0 Å². The molecule has 1 atom stereocenters. The van der Waals surface area contributed by atoms with Gasteiger partial charge in [0, 0.05) is 5.39 Å². The Labute approximate surface area is 102 Å². The Hall–Kier alpha value is -1.81. The molecule has 0 bridgehead atoms. The lowest BCUT2D eigenvalue weighted by Gasteiger charge is -2.05. The maximum Gasteiger partial charge on any atom is 0.360 e. The molecule has 1 N–H and O–H groups in total. The topological polar surface area (TPSA) is 59.3 Å². The molecular weight excluding hydrogens is 242 g/mol. The van der Waals surface area contributed by atoms with E-state index < -0.39 is 16.9 Å². The number of carbonyl (C=O) groups excluding carboxylic acids is 1. The van der Waals surface area contributed by atoms with Crippen LogP contribution >= 0.6 is 11.6 Å². The summed E-state index contributed by atoms with van der Waals surface area (Å²) in [4.78, 5) is 22.9. The fraction of sp³-hybridized carbons (Fsp3) is 0.167. The highest BCUT2D eigenvalue weighted by Crippen LogP contribution is 2.15. The van der Waals surface area contributed by atoms with Gasteiger partial charge in [-0.25, -0.2) is 4.79 Å². The Kier molecular flexibility index (Phi) is 3.15. The average Bonchev–Trinajstić information content (AvgIpc) is 2.29. The number of rotatable bonds is 2. The number of hydrogen-bond donors (Lipinski definition) is 1. The zero-order valence-electron chi connectivity index (χ0n) is 9.07. The molecular formula is C12H10ClNO3. The number of hydrogen-bond acceptors (Lipinski definition) is 3. The third kappa shape index (κ3) is 2.47. The van der Waals surface area contributed by atoms with E-state index in [9.17, 15) is 9.59 Å². The summed E-state index contributed by atoms with van der Waals surface area (Å²) in [7, 11) is 0. The largest absolute Gasteiger partial charge is 0.421 e. The van der Waals surface area contributed by atoms with Gasteiger partial charge in [-0.3, -0.25) is 4.79 Å². The van der Waals surface area contributed by atoms with E-state index in [1.807, 2.05) is 6.07 Å². The predicted octanol–water partition coefficient (Wildman–Crippen LogP) is 2.36. The van der Waals surface area contributed by atoms with E-state index in [0.29, 0.717) is 5.58 Å². The molecule has 0 aliphatic carbocycles. The summed E-state index contributed by atoms with van der Waals surface area (Å²) in [5.41, 5.74) is -0.00927. The second-order valence-electron chi connectivity index (χ2n) is 3.59. The molecule has 0 fully saturated rings. The van der Waals surface area contributed by atoms with Gasteiger partial charge in [0.25, 0.3) is 0 Å². The van der Waals surface area contributed by atoms with E-state index >= 15 is 0 Å². The summed E-state index contributed by atoms with van der Waals surface area (Å²) < 4.78 is 5.06. The first-order chi connectivity index (χ1) is 8.08. The molecule has 2 rings (SSSR count). The number of nitrogens with one attached hydrogen (secondary N) is 1. The van der Waals surface area contributed by atoms with Crippen molar-refractivity contribution >= 4 is 34.2 Å². The fourth-order valence-electron chi connectivity index (χ4n) is 1.38. The monoisotopic (exact) mass is 251 g/mol. The van der Waals surface area contributed by atoms with Gasteiger partial charge in [0.05, 0.1) is 0 Å². The fourth-order valence-corrected chi connectivity index (χ4v) is 1.44. The van der Waals surface area contributed by atoms with Gasteiger partial charge in [0.15, 0.2) is 0 Å². The van der Waals surface area contributed by atoms with Gasteiger partial charge in [-0.15, -0.1) is 11.6 Å². The van der Waals surface area contributed by atoms with E-state index in [1.54, 1.807) is 24.3 Å². The lowest BCUT2D eigenvalue weighted by atomic mass is 10.2. The number of fused-ring (bicyclic) bond motifs is 1. The van der Waals surface area contributed by atoms with Crippen molar-refractivity contribution in [2.45, 2.75) is 12.3 Å². The number of benzene rings is 1. The lowest BCUT2D eigenvalue weighted by molar-refractivity contribution is -0.115. The Morgan fingerprint density at radius 1 is 1.41 bits per heavy atom. The summed E-state index contributed by atoms with van der Waals surface area (Å²) in [6.45, 7) is 1.53. The lowest BCUT2D eigenvalue weighted by Crippen LogP contribution is -2.23. The van der Waals surface area contributed by atoms with E-state index in [0.717, 1.165) is 5.39 Å². The van der Waals surface area contributed by atoms with Crippen molar-refractivity contribution in [3.05, 3.63) is 40.8 Å². The van der Waals surface area contributed by atoms with Gasteiger partial charge in [0.1, 0.15) is 16.6 Å². The molecule has 1 aromatic carbocycles. The van der Waals surface area contributed by atoms with Crippen molar-refractivity contribution in [2.24, 2.45) is 0 Å². The standard InChI is InChI=1S/C12H10ClNO3/c1-7(13)11(15)14-9-6-8-4-2-3-5-10(8)17-12(9)16/h2-7H,1H3,(H,14,15)/t7-/m1/s1. The Morgan fingerprint density at radius 3 is 2.82 bits per heavy atom. The zero-order chi connectivity index (χ0) is 12.4. The van der Waals surface area contributed by atoms with Gasteiger partial charge in [-0.1, -0.05) is 18.2 Å². The highest BCUT2D eigenvalue weighted by atomic mass is 35.5. The molecule has 0 spiro atoms. The summed E-state index contributed by atoms with van der Waals surface area (Å²) in [6.07, 6.45) is 0. The summed E-state index contributed by atoms with van der Waals surface area (Å²) >= 11 is 5.60. The van der Waals surface area contributed by atoms with E-state index in [-0.39, 0.29) is 5.69 Å². The van der Waals surface area contributed by atoms with E-state index in [2.05, 4.69) is 5.32 Å². The van der Waals surface area contributed by atoms with Crippen molar-refractivity contribution in [1.82, 2.24) is 0 Å². The molecule has 0 unspecified atom stereocenters. The molecule has 0 saturated carbocycles. The maximum absolute atomic E-state index is 11.6. The van der Waals surface area contributed by atoms with Crippen LogP contribution in [-0.2, 0) is 4.79 Å². The van der Waals surface area contributed by atoms with Gasteiger partial charge in [-0.05, 0) is 19.1 Å². The molecule has 17 heavy (non-hydrogen) atoms. The van der Waals surface area contributed by atoms with Crippen LogP contribution in [0.4, 0.5) is 5.69 Å². The number of alkyl halides is 1. The minimum absolute atomic E-state index is 0.0983. The highest BCUT2D eigenvalue weighted by molar-refractivity contribution is 6.32. The zero-order valence-corrected chi connectivity index (χ0v) is 9.82. The molecule has 5 heteroatoms. The average molecular weight is 252 g/mol. The first-order valence-electron chi connectivity index (χ1n) is 5.06. The summed E-state index contributed by atoms with van der Waals surface area (Å²) in [6, 6.07) is 8.63. The Bertz CT molecular complexity index is 618. The van der Waals surface area contributed by atoms with E-state index in [1.165, 1.54) is 6.92 Å². The van der Waals surface area contributed by atoms with Crippen LogP contribution in [0.3, 0.4) is 0 Å². The number of halogens is 1. The minimum atomic E-state index is -0.708. The highest BCUT2D eigenvalue weighted by Gasteiger charge is 2.12. The maximum atomic E-state index is 11.6. The van der Waals surface area contributed by atoms with E-state index in [4.69, 9.17) is 16.0 Å². The second kappa shape index (κ2) is 4.59.